The van der Waals surface area contributed by atoms with Crippen molar-refractivity contribution in [3.05, 3.63) is 140 Å². The number of nitrogens with zero attached hydrogens (tertiary/aromatic N) is 24. The molecule has 4 aliphatic rings. The van der Waals surface area contributed by atoms with Gasteiger partial charge in [0.2, 0.25) is 23.1 Å². The van der Waals surface area contributed by atoms with Crippen LogP contribution in [0.2, 0.25) is 0 Å². The van der Waals surface area contributed by atoms with Crippen molar-refractivity contribution in [2.45, 2.75) is 27.7 Å². The molecular weight excluding hydrogens is 929 g/mol. The van der Waals surface area contributed by atoms with Crippen LogP contribution in [-0.2, 0) is 0 Å². The average molecular weight is 953 g/mol. The van der Waals surface area contributed by atoms with Crippen molar-refractivity contribution >= 4 is 46.2 Å². The van der Waals surface area contributed by atoms with Gasteiger partial charge in [-0.1, -0.05) is 111 Å². The highest BCUT2D eigenvalue weighted by molar-refractivity contribution is 6.22. The van der Waals surface area contributed by atoms with Crippen LogP contribution in [0.1, 0.15) is 86.5 Å². The largest absolute Gasteiger partial charge is 0.292 e. The van der Waals surface area contributed by atoms with Crippen LogP contribution in [0.4, 0.5) is 0 Å². The standard InChI is InChI=1S/4C11H6N6O/c1-5-2-3-6-7(4-5)10(18)9-8(6)14-17-11(12-9)13-15-16-17;1-5-2-3-6-7(4-5)10(18)9-8(6)12-11-13-15-16-17(11)14-9;1-5-3-2-4-6-7(5)8-9(10(6)18)12-11-13-15-16-17(11)14-8;1-5-3-2-4-6-7(5)8-9(10(6)18)14-17-11(12-8)13-15-16-17/h4*2-4H,1H3. The van der Waals surface area contributed by atoms with E-state index in [1.807, 2.05) is 88.4 Å². The number of carbonyl (C=O) groups excluding carboxylic acids is 4. The molecule has 4 aromatic carbocycles. The van der Waals surface area contributed by atoms with E-state index in [0.717, 1.165) is 53.8 Å². The highest BCUT2D eigenvalue weighted by Gasteiger charge is 2.35. The van der Waals surface area contributed by atoms with Gasteiger partial charge in [0.25, 0.3) is 23.1 Å². The van der Waals surface area contributed by atoms with E-state index in [2.05, 4.69) is 102 Å². The summed E-state index contributed by atoms with van der Waals surface area (Å²) in [7, 11) is 0. The van der Waals surface area contributed by atoms with Gasteiger partial charge >= 0.3 is 0 Å². The third-order valence-electron chi connectivity index (χ3n) is 12.0. The van der Waals surface area contributed by atoms with Gasteiger partial charge in [-0.3, -0.25) is 19.2 Å². The summed E-state index contributed by atoms with van der Waals surface area (Å²) in [6.45, 7) is 7.76. The summed E-state index contributed by atoms with van der Waals surface area (Å²) < 4.78 is 4.78. The van der Waals surface area contributed by atoms with Crippen LogP contribution >= 0.6 is 0 Å². The van der Waals surface area contributed by atoms with Crippen molar-refractivity contribution < 1.29 is 19.2 Å². The molecule has 0 spiro atoms. The molecule has 0 unspecified atom stereocenters. The first-order chi connectivity index (χ1) is 35.0. The molecule has 8 aromatic heterocycles. The van der Waals surface area contributed by atoms with E-state index in [-0.39, 0.29) is 46.2 Å². The van der Waals surface area contributed by atoms with Gasteiger partial charge in [-0.05, 0) is 92.7 Å². The molecule has 72 heavy (non-hydrogen) atoms. The van der Waals surface area contributed by atoms with Crippen molar-refractivity contribution in [2.75, 3.05) is 0 Å². The number of hydrogen-bond donors (Lipinski definition) is 0. The van der Waals surface area contributed by atoms with Crippen molar-refractivity contribution in [2.24, 2.45) is 0 Å². The van der Waals surface area contributed by atoms with E-state index in [0.29, 0.717) is 67.8 Å². The van der Waals surface area contributed by atoms with Gasteiger partial charge in [0.05, 0.1) is 0 Å². The fourth-order valence-corrected chi connectivity index (χ4v) is 8.71. The van der Waals surface area contributed by atoms with Crippen molar-refractivity contribution in [1.29, 1.82) is 0 Å². The second-order valence-electron chi connectivity index (χ2n) is 16.5. The third-order valence-corrected chi connectivity index (χ3v) is 12.0. The van der Waals surface area contributed by atoms with E-state index < -0.39 is 0 Å². The lowest BCUT2D eigenvalue weighted by molar-refractivity contribution is 0.102. The molecule has 0 N–H and O–H groups in total. The lowest BCUT2D eigenvalue weighted by Crippen LogP contribution is -2.06. The molecule has 0 radical (unpaired) electrons. The smallest absolute Gasteiger partial charge is 0.287 e. The van der Waals surface area contributed by atoms with Gasteiger partial charge in [0.15, 0.2) is 11.4 Å². The van der Waals surface area contributed by atoms with E-state index in [4.69, 9.17) is 0 Å². The molecule has 0 fully saturated rings. The number of carbonyl (C=O) groups is 4. The van der Waals surface area contributed by atoms with Crippen molar-refractivity contribution in [1.82, 2.24) is 121 Å². The Balaban J connectivity index is 0.0000000933. The third kappa shape index (κ3) is 6.24. The quantitative estimate of drug-likeness (QED) is 0.209. The molecule has 0 amide bonds. The normalized spacial score (nSPS) is 12.8. The maximum atomic E-state index is 12.2. The predicted octanol–water partition coefficient (Wildman–Crippen LogP) is 1.74. The molecule has 4 aliphatic carbocycles. The Bertz CT molecular complexity index is 4110. The number of benzene rings is 4. The molecule has 0 bridgehead atoms. The first kappa shape index (κ1) is 41.4. The van der Waals surface area contributed by atoms with Crippen LogP contribution in [0.25, 0.3) is 68.1 Å². The Labute approximate surface area is 398 Å². The molecule has 0 saturated carbocycles. The number of ketones is 4. The first-order valence-electron chi connectivity index (χ1n) is 21.5. The molecule has 28 nitrogen and oxygen atoms in total. The maximum absolute atomic E-state index is 12.2. The molecule has 28 heteroatoms. The Morgan fingerprint density at radius 2 is 0.694 bits per heavy atom. The maximum Gasteiger partial charge on any atom is 0.292 e. The summed E-state index contributed by atoms with van der Waals surface area (Å²) in [4.78, 5) is 65.8. The number of aromatic nitrogens is 24. The highest BCUT2D eigenvalue weighted by atomic mass is 16.1. The zero-order valence-corrected chi connectivity index (χ0v) is 37.3. The molecule has 16 rings (SSSR count). The average Bonchev–Trinajstić information content (AvgIpc) is 4.28. The van der Waals surface area contributed by atoms with Crippen LogP contribution in [0, 0.1) is 27.7 Å². The van der Waals surface area contributed by atoms with Gasteiger partial charge < -0.3 is 0 Å². The summed E-state index contributed by atoms with van der Waals surface area (Å²) in [5, 5.41) is 60.1. The summed E-state index contributed by atoms with van der Waals surface area (Å²) in [5.41, 5.74) is 13.2. The molecule has 0 atom stereocenters. The molecule has 344 valence electrons. The van der Waals surface area contributed by atoms with Gasteiger partial charge in [0, 0.05) is 44.5 Å². The molecular formula is C44H24N24O4. The monoisotopic (exact) mass is 952 g/mol. The second-order valence-corrected chi connectivity index (χ2v) is 16.5. The van der Waals surface area contributed by atoms with Crippen molar-refractivity contribution in [3.63, 3.8) is 0 Å². The van der Waals surface area contributed by atoms with E-state index in [9.17, 15) is 19.2 Å². The minimum absolute atomic E-state index is 0.123. The van der Waals surface area contributed by atoms with E-state index >= 15 is 0 Å². The highest BCUT2D eigenvalue weighted by Crippen LogP contribution is 2.38. The number of rotatable bonds is 0. The van der Waals surface area contributed by atoms with Gasteiger partial charge in [-0.15, -0.1) is 20.4 Å². The fourth-order valence-electron chi connectivity index (χ4n) is 8.71. The number of fused-ring (bicyclic) bond motifs is 16. The van der Waals surface area contributed by atoms with Crippen LogP contribution in [-0.4, -0.2) is 144 Å². The molecule has 8 heterocycles. The second kappa shape index (κ2) is 15.4. The van der Waals surface area contributed by atoms with E-state index in [1.54, 1.807) is 12.1 Å². The van der Waals surface area contributed by atoms with Crippen LogP contribution in [0.3, 0.4) is 0 Å². The Morgan fingerprint density at radius 1 is 0.333 bits per heavy atom. The molecule has 0 saturated heterocycles. The molecule has 12 aromatic rings. The summed E-state index contributed by atoms with van der Waals surface area (Å²) >= 11 is 0. The van der Waals surface area contributed by atoms with Crippen LogP contribution < -0.4 is 0 Å². The lowest BCUT2D eigenvalue weighted by atomic mass is 10.0. The summed E-state index contributed by atoms with van der Waals surface area (Å²) in [6.07, 6.45) is 0. The Morgan fingerprint density at radius 3 is 1.21 bits per heavy atom. The first-order valence-corrected chi connectivity index (χ1v) is 21.5. The van der Waals surface area contributed by atoms with Crippen LogP contribution in [0.5, 0.6) is 0 Å². The lowest BCUT2D eigenvalue weighted by Gasteiger charge is -2.01. The summed E-state index contributed by atoms with van der Waals surface area (Å²) in [5.74, 6) is 0.525. The number of aryl methyl sites for hydroxylation is 4. The fraction of sp³-hybridized carbons (Fsp3) is 0.0909. The Hall–Kier alpha value is -10.8. The Kier molecular flexibility index (Phi) is 8.83. The van der Waals surface area contributed by atoms with Gasteiger partial charge in [-0.25, -0.2) is 19.9 Å². The van der Waals surface area contributed by atoms with Gasteiger partial charge in [0.1, 0.15) is 34.2 Å². The zero-order chi connectivity index (χ0) is 49.1. The van der Waals surface area contributed by atoms with Crippen molar-refractivity contribution in [3.8, 4) is 45.0 Å². The number of tetrazole rings is 4. The van der Waals surface area contributed by atoms with Gasteiger partial charge in [-0.2, -0.15) is 0 Å². The summed E-state index contributed by atoms with van der Waals surface area (Å²) in [6, 6.07) is 22.5. The molecule has 0 aliphatic heterocycles. The number of hydrogen-bond acceptors (Lipinski definition) is 24. The minimum atomic E-state index is -0.131. The predicted molar refractivity (Wildman–Crippen MR) is 240 cm³/mol. The topological polar surface area (TPSA) is 344 Å². The zero-order valence-electron chi connectivity index (χ0n) is 37.3. The van der Waals surface area contributed by atoms with E-state index in [1.165, 1.54) is 9.26 Å². The SMILES string of the molecule is Cc1ccc2c(c1)C(=O)c1nc3nnnn3nc1-2.Cc1ccc2c(c1)C(=O)c1nn3nnnc3nc1-2.Cc1cccc2c1-c1nc3nnnn3nc1C2=O.Cc1cccc2c1-c1nn3nnnc3nc1C2=O. The van der Waals surface area contributed by atoms with Crippen LogP contribution in [0.15, 0.2) is 72.8 Å². The minimum Gasteiger partial charge on any atom is -0.287 e.